The summed E-state index contributed by atoms with van der Waals surface area (Å²) in [7, 11) is -4.18. The predicted molar refractivity (Wildman–Crippen MR) is 88.7 cm³/mol. The van der Waals surface area contributed by atoms with Crippen LogP contribution in [0.5, 0.6) is 0 Å². The van der Waals surface area contributed by atoms with Gasteiger partial charge in [0.15, 0.2) is 0 Å². The lowest BCUT2D eigenvalue weighted by molar-refractivity contribution is -0.137. The molecule has 0 saturated carbocycles. The largest absolute Gasteiger partial charge is 0.417 e. The fraction of sp³-hybridized carbons (Fsp3) is 0.533. The van der Waals surface area contributed by atoms with Gasteiger partial charge >= 0.3 is 6.18 Å². The summed E-state index contributed by atoms with van der Waals surface area (Å²) in [4.78, 5) is 11.0. The van der Waals surface area contributed by atoms with Gasteiger partial charge in [0.25, 0.3) is 0 Å². The molecule has 0 unspecified atom stereocenters. The Morgan fingerprint density at radius 1 is 1.24 bits per heavy atom. The van der Waals surface area contributed by atoms with Crippen LogP contribution in [0.2, 0.25) is 5.02 Å². The van der Waals surface area contributed by atoms with E-state index < -0.39 is 31.7 Å². The van der Waals surface area contributed by atoms with Gasteiger partial charge in [0.05, 0.1) is 15.5 Å². The monoisotopic (exact) mass is 400 g/mol. The fourth-order valence-electron chi connectivity index (χ4n) is 1.86. The minimum absolute atomic E-state index is 0.114. The van der Waals surface area contributed by atoms with E-state index in [4.69, 9.17) is 11.6 Å². The van der Waals surface area contributed by atoms with Gasteiger partial charge in [0, 0.05) is 19.5 Å². The van der Waals surface area contributed by atoms with Crippen LogP contribution in [-0.4, -0.2) is 27.4 Å². The molecular formula is C15H20ClF3N2O3S. The number of hydrogen-bond donors (Lipinski definition) is 2. The predicted octanol–water partition coefficient (Wildman–Crippen LogP) is 3.19. The maximum atomic E-state index is 12.8. The van der Waals surface area contributed by atoms with Crippen molar-refractivity contribution in [1.82, 2.24) is 10.0 Å². The van der Waals surface area contributed by atoms with Crippen LogP contribution in [-0.2, 0) is 21.0 Å². The molecule has 0 fully saturated rings. The molecule has 0 bridgehead atoms. The van der Waals surface area contributed by atoms with E-state index in [9.17, 15) is 26.4 Å². The average Bonchev–Trinajstić information content (AvgIpc) is 2.45. The topological polar surface area (TPSA) is 75.3 Å². The third-order valence-electron chi connectivity index (χ3n) is 3.24. The highest BCUT2D eigenvalue weighted by molar-refractivity contribution is 7.89. The number of halogens is 4. The summed E-state index contributed by atoms with van der Waals surface area (Å²) in [5, 5.41) is 2.05. The lowest BCUT2D eigenvalue weighted by atomic mass is 10.1. The summed E-state index contributed by atoms with van der Waals surface area (Å²) in [5.74, 6) is 0.0852. The molecule has 0 spiro atoms. The summed E-state index contributed by atoms with van der Waals surface area (Å²) < 4.78 is 64.6. The summed E-state index contributed by atoms with van der Waals surface area (Å²) in [6.07, 6.45) is -4.08. The second-order valence-corrected chi connectivity index (χ2v) is 7.99. The molecular weight excluding hydrogens is 381 g/mol. The van der Waals surface area contributed by atoms with Gasteiger partial charge in [0.1, 0.15) is 0 Å². The molecule has 1 rings (SSSR count). The molecule has 0 atom stereocenters. The van der Waals surface area contributed by atoms with Crippen LogP contribution in [0.4, 0.5) is 13.2 Å². The van der Waals surface area contributed by atoms with E-state index in [-0.39, 0.29) is 18.9 Å². The first-order chi connectivity index (χ1) is 11.4. The van der Waals surface area contributed by atoms with Crippen molar-refractivity contribution < 1.29 is 26.4 Å². The lowest BCUT2D eigenvalue weighted by Gasteiger charge is -2.12. The van der Waals surface area contributed by atoms with Gasteiger partial charge in [-0.05, 0) is 30.5 Å². The smallest absolute Gasteiger partial charge is 0.356 e. The second-order valence-electron chi connectivity index (χ2n) is 5.82. The molecule has 0 aromatic heterocycles. The van der Waals surface area contributed by atoms with Crippen LogP contribution in [0.3, 0.4) is 0 Å². The molecule has 25 heavy (non-hydrogen) atoms. The summed E-state index contributed by atoms with van der Waals surface area (Å²) >= 11 is 5.46. The van der Waals surface area contributed by atoms with Crippen LogP contribution < -0.4 is 10.0 Å². The van der Waals surface area contributed by atoms with Gasteiger partial charge in [-0.3, -0.25) is 4.79 Å². The van der Waals surface area contributed by atoms with Crippen LogP contribution in [0.1, 0.15) is 32.3 Å². The van der Waals surface area contributed by atoms with E-state index in [0.29, 0.717) is 18.5 Å². The Kier molecular flexibility index (Phi) is 7.70. The van der Waals surface area contributed by atoms with Crippen molar-refractivity contribution >= 4 is 27.5 Å². The average molecular weight is 401 g/mol. The van der Waals surface area contributed by atoms with Crippen molar-refractivity contribution in [3.05, 3.63) is 28.8 Å². The van der Waals surface area contributed by atoms with Crippen molar-refractivity contribution in [2.24, 2.45) is 5.92 Å². The number of carbonyl (C=O) groups is 1. The first kappa shape index (κ1) is 21.7. The number of carbonyl (C=O) groups excluding carboxylic acids is 1. The molecule has 0 aliphatic carbocycles. The van der Waals surface area contributed by atoms with Crippen LogP contribution >= 0.6 is 11.6 Å². The number of sulfonamides is 1. The quantitative estimate of drug-likeness (QED) is 0.703. The van der Waals surface area contributed by atoms with Crippen LogP contribution in [0, 0.1) is 5.92 Å². The maximum absolute atomic E-state index is 12.8. The third-order valence-corrected chi connectivity index (χ3v) is 5.03. The van der Waals surface area contributed by atoms with E-state index >= 15 is 0 Å². The SMILES string of the molecule is CC(C)CCNC(=O)CCNS(=O)(=O)c1ccc(Cl)c(C(F)(F)F)c1. The number of nitrogens with one attached hydrogen (secondary N) is 2. The van der Waals surface area contributed by atoms with Crippen molar-refractivity contribution in [3.63, 3.8) is 0 Å². The van der Waals surface area contributed by atoms with Crippen LogP contribution in [0.25, 0.3) is 0 Å². The summed E-state index contributed by atoms with van der Waals surface area (Å²) in [6.45, 7) is 4.26. The van der Waals surface area contributed by atoms with Gasteiger partial charge in [-0.1, -0.05) is 25.4 Å². The molecule has 0 aliphatic heterocycles. The standard InChI is InChI=1S/C15H20ClF3N2O3S/c1-10(2)5-7-20-14(22)6-8-21-25(23,24)11-3-4-13(16)12(9-11)15(17,18)19/h3-4,9-10,21H,5-8H2,1-2H3,(H,20,22). The molecule has 0 aliphatic rings. The normalized spacial score (nSPS) is 12.4. The minimum Gasteiger partial charge on any atom is -0.356 e. The van der Waals surface area contributed by atoms with Gasteiger partial charge in [-0.25, -0.2) is 13.1 Å². The van der Waals surface area contributed by atoms with Gasteiger partial charge in [-0.15, -0.1) is 0 Å². The first-order valence-electron chi connectivity index (χ1n) is 7.56. The maximum Gasteiger partial charge on any atom is 0.417 e. The number of amides is 1. The third kappa shape index (κ3) is 7.21. The number of hydrogen-bond acceptors (Lipinski definition) is 3. The Morgan fingerprint density at radius 2 is 1.88 bits per heavy atom. The molecule has 10 heteroatoms. The molecule has 142 valence electrons. The highest BCUT2D eigenvalue weighted by Crippen LogP contribution is 2.35. The van der Waals surface area contributed by atoms with E-state index in [1.165, 1.54) is 0 Å². The number of benzene rings is 1. The first-order valence-corrected chi connectivity index (χ1v) is 9.42. The molecule has 2 N–H and O–H groups in total. The molecule has 0 heterocycles. The highest BCUT2D eigenvalue weighted by atomic mass is 35.5. The Labute approximate surface area is 150 Å². The lowest BCUT2D eigenvalue weighted by Crippen LogP contribution is -2.31. The van der Waals surface area contributed by atoms with E-state index in [1.807, 2.05) is 13.8 Å². The van der Waals surface area contributed by atoms with Gasteiger partial charge < -0.3 is 5.32 Å². The molecule has 1 amide bonds. The van der Waals surface area contributed by atoms with Gasteiger partial charge in [-0.2, -0.15) is 13.2 Å². The minimum atomic E-state index is -4.76. The Morgan fingerprint density at radius 3 is 2.44 bits per heavy atom. The number of rotatable bonds is 8. The van der Waals surface area contributed by atoms with Crippen molar-refractivity contribution in [2.45, 2.75) is 37.8 Å². The highest BCUT2D eigenvalue weighted by Gasteiger charge is 2.34. The zero-order chi connectivity index (χ0) is 19.3. The zero-order valence-electron chi connectivity index (χ0n) is 13.8. The van der Waals surface area contributed by atoms with Crippen LogP contribution in [0.15, 0.2) is 23.1 Å². The molecule has 0 saturated heterocycles. The van der Waals surface area contributed by atoms with Crippen molar-refractivity contribution in [1.29, 1.82) is 0 Å². The van der Waals surface area contributed by atoms with Gasteiger partial charge in [0.2, 0.25) is 15.9 Å². The zero-order valence-corrected chi connectivity index (χ0v) is 15.4. The van der Waals surface area contributed by atoms with E-state index in [0.717, 1.165) is 18.6 Å². The molecule has 0 radical (unpaired) electrons. The van der Waals surface area contributed by atoms with E-state index in [1.54, 1.807) is 0 Å². The van der Waals surface area contributed by atoms with E-state index in [2.05, 4.69) is 10.0 Å². The molecule has 1 aromatic carbocycles. The fourth-order valence-corrected chi connectivity index (χ4v) is 3.14. The number of alkyl halides is 3. The molecule has 5 nitrogen and oxygen atoms in total. The molecule has 1 aromatic rings. The van der Waals surface area contributed by atoms with Crippen molar-refractivity contribution in [3.8, 4) is 0 Å². The second kappa shape index (κ2) is 8.86. The summed E-state index contributed by atoms with van der Waals surface area (Å²) in [6, 6.07) is 2.31. The summed E-state index contributed by atoms with van der Waals surface area (Å²) in [5.41, 5.74) is -1.23. The Hall–Kier alpha value is -1.32. The van der Waals surface area contributed by atoms with Crippen molar-refractivity contribution in [2.75, 3.05) is 13.1 Å². The Balaban J connectivity index is 2.66. The Bertz CT molecular complexity index is 706.